The van der Waals surface area contributed by atoms with E-state index in [1.165, 1.54) is 4.21 Å². The number of piperidine rings is 2. The Hall–Kier alpha value is -4.37. The number of hydrogen-bond acceptors (Lipinski definition) is 12. The molecule has 310 valence electrons. The second-order valence-electron chi connectivity index (χ2n) is 15.1. The van der Waals surface area contributed by atoms with Crippen LogP contribution in [-0.4, -0.2) is 87.6 Å². The molecule has 2 aliphatic heterocycles. The van der Waals surface area contributed by atoms with Crippen LogP contribution in [0.15, 0.2) is 92.2 Å². The van der Waals surface area contributed by atoms with Gasteiger partial charge in [0.2, 0.25) is 0 Å². The van der Waals surface area contributed by atoms with E-state index in [0.29, 0.717) is 37.6 Å². The Morgan fingerprint density at radius 1 is 0.724 bits per heavy atom. The topological polar surface area (TPSA) is 138 Å². The van der Waals surface area contributed by atoms with Crippen LogP contribution in [-0.2, 0) is 32.2 Å². The van der Waals surface area contributed by atoms with E-state index in [0.717, 1.165) is 101 Å². The summed E-state index contributed by atoms with van der Waals surface area (Å²) in [6, 6.07) is 18.7. The zero-order valence-electron chi connectivity index (χ0n) is 33.7. The van der Waals surface area contributed by atoms with E-state index in [9.17, 15) is 19.2 Å². The Labute approximate surface area is 348 Å². The van der Waals surface area contributed by atoms with Gasteiger partial charge >= 0.3 is 11.9 Å². The minimum Gasteiger partial charge on any atom is -0.466 e. The fraction of sp³-hybridized carbons (Fsp3) is 0.500. The predicted octanol–water partition coefficient (Wildman–Crippen LogP) is 6.79. The van der Waals surface area contributed by atoms with Gasteiger partial charge in [-0.3, -0.25) is 28.3 Å². The highest BCUT2D eigenvalue weighted by Crippen LogP contribution is 2.39. The number of nitrogens with one attached hydrogen (secondary N) is 1. The Kier molecular flexibility index (Phi) is 15.7. The van der Waals surface area contributed by atoms with Crippen LogP contribution in [0.3, 0.4) is 0 Å². The maximum Gasteiger partial charge on any atom is 0.312 e. The quantitative estimate of drug-likeness (QED) is 0.0832. The lowest BCUT2D eigenvalue weighted by Crippen LogP contribution is -2.46. The van der Waals surface area contributed by atoms with Gasteiger partial charge in [-0.15, -0.1) is 23.1 Å². The minimum atomic E-state index is -0.463. The molecule has 0 saturated carbocycles. The Bertz CT molecular complexity index is 2210. The molecule has 0 aliphatic carbocycles. The summed E-state index contributed by atoms with van der Waals surface area (Å²) in [4.78, 5) is 61.5. The Balaban J connectivity index is 0.000000203. The lowest BCUT2D eigenvalue weighted by molar-refractivity contribution is -0.159. The molecule has 0 spiro atoms. The third-order valence-corrected chi connectivity index (χ3v) is 13.6. The van der Waals surface area contributed by atoms with Crippen LogP contribution in [0.4, 0.5) is 0 Å². The first-order valence-electron chi connectivity index (χ1n) is 20.6. The van der Waals surface area contributed by atoms with E-state index in [1.807, 2.05) is 55.9 Å². The van der Waals surface area contributed by atoms with Crippen molar-refractivity contribution in [2.24, 2.45) is 10.8 Å². The Morgan fingerprint density at radius 2 is 1.26 bits per heavy atom. The molecule has 0 amide bonds. The molecule has 7 rings (SSSR count). The number of aromatic nitrogens is 4. The van der Waals surface area contributed by atoms with Crippen LogP contribution >= 0.6 is 23.1 Å². The maximum absolute atomic E-state index is 13.0. The normalized spacial score (nSPS) is 16.4. The van der Waals surface area contributed by atoms with E-state index in [4.69, 9.17) is 9.47 Å². The molecule has 0 unspecified atom stereocenters. The fourth-order valence-electron chi connectivity index (χ4n) is 8.24. The monoisotopic (exact) mass is 828 g/mol. The zero-order chi connectivity index (χ0) is 40.8. The molecule has 2 fully saturated rings. The average Bonchev–Trinajstić information content (AvgIpc) is 3.77. The number of hydrogen-bond donors (Lipinski definition) is 1. The van der Waals surface area contributed by atoms with Crippen molar-refractivity contribution < 1.29 is 19.1 Å². The van der Waals surface area contributed by atoms with Crippen molar-refractivity contribution in [2.75, 3.05) is 51.7 Å². The molecule has 14 heteroatoms. The molecule has 2 aliphatic rings. The smallest absolute Gasteiger partial charge is 0.312 e. The molecule has 58 heavy (non-hydrogen) atoms. The number of esters is 2. The van der Waals surface area contributed by atoms with Crippen LogP contribution in [0.1, 0.15) is 65.2 Å². The van der Waals surface area contributed by atoms with Crippen molar-refractivity contribution in [1.82, 2.24) is 29.3 Å². The van der Waals surface area contributed by atoms with E-state index in [-0.39, 0.29) is 23.1 Å². The highest BCUT2D eigenvalue weighted by Gasteiger charge is 2.42. The van der Waals surface area contributed by atoms with Crippen LogP contribution in [0.5, 0.6) is 0 Å². The molecule has 7 heterocycles. The number of carbonyl (C=O) groups is 2. The van der Waals surface area contributed by atoms with Crippen LogP contribution < -0.4 is 16.4 Å². The van der Waals surface area contributed by atoms with Crippen molar-refractivity contribution in [3.63, 3.8) is 0 Å². The van der Waals surface area contributed by atoms with Crippen LogP contribution in [0, 0.1) is 10.8 Å². The summed E-state index contributed by atoms with van der Waals surface area (Å²) < 4.78 is 15.6. The number of thioether (sulfide) groups is 1. The number of rotatable bonds is 16. The highest BCUT2D eigenvalue weighted by molar-refractivity contribution is 8.01. The first-order valence-corrected chi connectivity index (χ1v) is 22.5. The molecular weight excluding hydrogens is 773 g/mol. The summed E-state index contributed by atoms with van der Waals surface area (Å²) in [6.07, 6.45) is 9.52. The number of thiophene rings is 1. The number of likely N-dealkylation sites (tertiary alicyclic amines) is 1. The number of nitrogens with zero attached hydrogens (tertiary/aromatic N) is 5. The summed E-state index contributed by atoms with van der Waals surface area (Å²) in [7, 11) is 0. The molecule has 0 radical (unpaired) electrons. The lowest BCUT2D eigenvalue weighted by atomic mass is 9.74. The number of carbonyl (C=O) groups excluding carboxylic acids is 2. The van der Waals surface area contributed by atoms with Crippen molar-refractivity contribution in [3.8, 4) is 0 Å². The van der Waals surface area contributed by atoms with Gasteiger partial charge in [0.1, 0.15) is 11.3 Å². The predicted molar refractivity (Wildman–Crippen MR) is 231 cm³/mol. The lowest BCUT2D eigenvalue weighted by Gasteiger charge is -2.40. The third-order valence-electron chi connectivity index (χ3n) is 11.5. The molecule has 0 aromatic carbocycles. The maximum atomic E-state index is 13.0. The van der Waals surface area contributed by atoms with E-state index in [2.05, 4.69) is 37.7 Å². The van der Waals surface area contributed by atoms with Crippen molar-refractivity contribution in [2.45, 2.75) is 82.5 Å². The SMILES string of the molecule is CCOC(=O)C1(CCCn2c(=O)ccc3cccnc32)CCN(CCSc2cccs2)CC1.CCOC(=O)C1(CCCn2c(=O)ccc3cccnc32)CCNCC1. The van der Waals surface area contributed by atoms with Gasteiger partial charge in [-0.25, -0.2) is 9.97 Å². The molecule has 5 aromatic heterocycles. The third kappa shape index (κ3) is 10.8. The summed E-state index contributed by atoms with van der Waals surface area (Å²) in [6.45, 7) is 10.1. The highest BCUT2D eigenvalue weighted by atomic mass is 32.2. The second-order valence-corrected chi connectivity index (χ2v) is 17.4. The van der Waals surface area contributed by atoms with E-state index >= 15 is 0 Å². The number of fused-ring (bicyclic) bond motifs is 2. The van der Waals surface area contributed by atoms with Gasteiger partial charge in [-0.05, 0) is 139 Å². The molecular formula is C44H56N6O6S2. The standard InChI is InChI=1S/C25H31N3O3S2.C19H25N3O3/c1-2-31-24(30)25(11-15-27(16-12-25)17-19-33-22-7-4-18-32-22)10-5-14-28-21(29)9-8-20-6-3-13-26-23(20)28;1-2-25-18(24)19(9-12-20-13-10-19)8-4-14-22-16(23)7-6-15-5-3-11-21-17(15)22/h3-4,6-9,13,18H,2,5,10-12,14-17,19H2,1H3;3,5-7,11,20H,2,4,8-10,12-14H2,1H3. The second kappa shape index (κ2) is 21.1. The van der Waals surface area contributed by atoms with Crippen molar-refractivity contribution in [3.05, 3.63) is 99.1 Å². The van der Waals surface area contributed by atoms with Crippen molar-refractivity contribution >= 4 is 57.1 Å². The summed E-state index contributed by atoms with van der Waals surface area (Å²) in [5.41, 5.74) is 0.405. The van der Waals surface area contributed by atoms with Gasteiger partial charge in [-0.2, -0.15) is 0 Å². The summed E-state index contributed by atoms with van der Waals surface area (Å²) >= 11 is 3.68. The molecule has 2 saturated heterocycles. The van der Waals surface area contributed by atoms with Gasteiger partial charge in [0.25, 0.3) is 11.1 Å². The molecule has 0 bridgehead atoms. The van der Waals surface area contributed by atoms with Crippen LogP contribution in [0.2, 0.25) is 0 Å². The van der Waals surface area contributed by atoms with E-state index < -0.39 is 10.8 Å². The minimum absolute atomic E-state index is 0.0514. The van der Waals surface area contributed by atoms with Gasteiger partial charge in [-0.1, -0.05) is 6.07 Å². The molecule has 1 N–H and O–H groups in total. The summed E-state index contributed by atoms with van der Waals surface area (Å²) in [5.74, 6) is 0.880. The zero-order valence-corrected chi connectivity index (χ0v) is 35.4. The number of aryl methyl sites for hydroxylation is 2. The molecule has 12 nitrogen and oxygen atoms in total. The van der Waals surface area contributed by atoms with E-state index in [1.54, 1.807) is 51.1 Å². The van der Waals surface area contributed by atoms with Crippen molar-refractivity contribution in [1.29, 1.82) is 0 Å². The van der Waals surface area contributed by atoms with Crippen LogP contribution in [0.25, 0.3) is 22.1 Å². The fourth-order valence-corrected chi connectivity index (χ4v) is 10.1. The van der Waals surface area contributed by atoms with Gasteiger partial charge in [0, 0.05) is 60.7 Å². The first kappa shape index (κ1) is 43.2. The van der Waals surface area contributed by atoms with Gasteiger partial charge in [0.15, 0.2) is 0 Å². The number of ether oxygens (including phenoxy) is 2. The number of pyridine rings is 4. The van der Waals surface area contributed by atoms with Gasteiger partial charge in [0.05, 0.1) is 28.3 Å². The Morgan fingerprint density at radius 3 is 1.76 bits per heavy atom. The molecule has 5 aromatic rings. The van der Waals surface area contributed by atoms with Gasteiger partial charge < -0.3 is 19.7 Å². The first-order chi connectivity index (χ1) is 28.3. The summed E-state index contributed by atoms with van der Waals surface area (Å²) in [5, 5.41) is 7.31. The molecule has 0 atom stereocenters. The average molecular weight is 829 g/mol. The largest absolute Gasteiger partial charge is 0.466 e.